The molecule has 0 aliphatic rings. The van der Waals surface area contributed by atoms with Gasteiger partial charge in [-0.2, -0.15) is 10.2 Å². The summed E-state index contributed by atoms with van der Waals surface area (Å²) in [6.45, 7) is 3.27. The average molecular weight is 534 g/mol. The van der Waals surface area contributed by atoms with Gasteiger partial charge in [0.2, 0.25) is 5.69 Å². The molecule has 3 heterocycles. The number of H-pyrrole nitrogens is 1. The van der Waals surface area contributed by atoms with E-state index in [4.69, 9.17) is 10.5 Å². The lowest BCUT2D eigenvalue weighted by Crippen LogP contribution is -2.45. The second kappa shape index (κ2) is 9.81. The summed E-state index contributed by atoms with van der Waals surface area (Å²) in [6, 6.07) is 9.19. The summed E-state index contributed by atoms with van der Waals surface area (Å²) < 4.78 is 35.7. The number of nitrogens with two attached hydrogens (primary N) is 1. The third-order valence-electron chi connectivity index (χ3n) is 5.64. The van der Waals surface area contributed by atoms with Crippen LogP contribution in [-0.2, 0) is 0 Å². The molecule has 0 spiro atoms. The number of nitrogens with one attached hydrogen (secondary N) is 2. The maximum atomic E-state index is 14.9. The maximum absolute atomic E-state index is 14.9. The summed E-state index contributed by atoms with van der Waals surface area (Å²) in [7, 11) is 0. The molecule has 0 atom stereocenters. The van der Waals surface area contributed by atoms with Crippen LogP contribution in [0.3, 0.4) is 0 Å². The molecular weight excluding hydrogens is 514 g/mol. The highest BCUT2D eigenvalue weighted by molar-refractivity contribution is 6.02. The molecule has 4 N–H and O–H groups in total. The van der Waals surface area contributed by atoms with Crippen LogP contribution in [0.2, 0.25) is 0 Å². The largest absolute Gasteiger partial charge is 0.453 e. The van der Waals surface area contributed by atoms with Crippen molar-refractivity contribution in [1.82, 2.24) is 29.5 Å². The Labute approximate surface area is 217 Å². The van der Waals surface area contributed by atoms with Crippen LogP contribution < -0.4 is 27.0 Å². The number of hydrogen-bond donors (Lipinski definition) is 3. The molecule has 198 valence electrons. The van der Waals surface area contributed by atoms with E-state index in [-0.39, 0.29) is 34.3 Å². The van der Waals surface area contributed by atoms with Gasteiger partial charge >= 0.3 is 5.69 Å². The number of nitrogens with zero attached hydrogens (tertiary/aromatic N) is 5. The number of aromatic nitrogens is 6. The molecule has 0 bridgehead atoms. The smallest absolute Gasteiger partial charge is 0.352 e. The van der Waals surface area contributed by atoms with E-state index in [1.807, 2.05) is 0 Å². The third kappa shape index (κ3) is 4.70. The topological polar surface area (TPSA) is 163 Å². The second-order valence-electron chi connectivity index (χ2n) is 8.63. The highest BCUT2D eigenvalue weighted by atomic mass is 19.1. The number of ether oxygens (including phenoxy) is 1. The molecular formula is C25H20F2N8O4. The summed E-state index contributed by atoms with van der Waals surface area (Å²) >= 11 is 0. The SMILES string of the molecule is CC(C)n1nc(C(=O)Nc2ccc(Oc3ccnc4n[nH]c(N)c34)c(F)c2)c(=O)n(-c2ccc(F)cc2)c1=O. The molecule has 39 heavy (non-hydrogen) atoms. The number of pyridine rings is 1. The Kier molecular flexibility index (Phi) is 6.35. The Morgan fingerprint density at radius 1 is 1.08 bits per heavy atom. The Hall–Kier alpha value is -5.40. The number of hydrogen-bond acceptors (Lipinski definition) is 8. The quantitative estimate of drug-likeness (QED) is 0.299. The van der Waals surface area contributed by atoms with Gasteiger partial charge in [-0.05, 0) is 50.2 Å². The van der Waals surface area contributed by atoms with Crippen LogP contribution in [0.1, 0.15) is 30.4 Å². The summed E-state index contributed by atoms with van der Waals surface area (Å²) in [5.74, 6) is -2.16. The molecule has 1 amide bonds. The first kappa shape index (κ1) is 25.3. The minimum atomic E-state index is -1.03. The molecule has 0 saturated carbocycles. The number of benzene rings is 2. The van der Waals surface area contributed by atoms with Gasteiger partial charge in [-0.25, -0.2) is 27.8 Å². The van der Waals surface area contributed by atoms with E-state index in [1.165, 1.54) is 36.5 Å². The number of aromatic amines is 1. The van der Waals surface area contributed by atoms with Crippen LogP contribution in [-0.4, -0.2) is 35.4 Å². The van der Waals surface area contributed by atoms with Crippen molar-refractivity contribution in [3.8, 4) is 17.2 Å². The number of amides is 1. The number of nitrogen functional groups attached to an aromatic ring is 1. The number of fused-ring (bicyclic) bond motifs is 1. The van der Waals surface area contributed by atoms with Gasteiger partial charge in [-0.15, -0.1) is 0 Å². The predicted molar refractivity (Wildman–Crippen MR) is 137 cm³/mol. The van der Waals surface area contributed by atoms with E-state index in [9.17, 15) is 23.2 Å². The molecule has 0 aliphatic carbocycles. The lowest BCUT2D eigenvalue weighted by molar-refractivity contribution is 0.101. The van der Waals surface area contributed by atoms with Crippen LogP contribution in [0.5, 0.6) is 11.5 Å². The zero-order valence-corrected chi connectivity index (χ0v) is 20.5. The molecule has 0 saturated heterocycles. The first-order valence-corrected chi connectivity index (χ1v) is 11.5. The van der Waals surface area contributed by atoms with Gasteiger partial charge in [0.05, 0.1) is 11.7 Å². The van der Waals surface area contributed by atoms with E-state index >= 15 is 0 Å². The van der Waals surface area contributed by atoms with Gasteiger partial charge in [-0.1, -0.05) is 0 Å². The molecule has 3 aromatic heterocycles. The van der Waals surface area contributed by atoms with Crippen LogP contribution in [0.25, 0.3) is 16.7 Å². The average Bonchev–Trinajstić information content (AvgIpc) is 3.28. The van der Waals surface area contributed by atoms with Crippen molar-refractivity contribution in [2.45, 2.75) is 19.9 Å². The molecule has 0 fully saturated rings. The minimum absolute atomic E-state index is 0.00983. The van der Waals surface area contributed by atoms with Gasteiger partial charge in [0.25, 0.3) is 11.5 Å². The monoisotopic (exact) mass is 534 g/mol. The Morgan fingerprint density at radius 3 is 2.51 bits per heavy atom. The van der Waals surface area contributed by atoms with Gasteiger partial charge < -0.3 is 15.8 Å². The van der Waals surface area contributed by atoms with Crippen molar-refractivity contribution in [2.75, 3.05) is 11.1 Å². The van der Waals surface area contributed by atoms with Crippen molar-refractivity contribution in [2.24, 2.45) is 0 Å². The maximum Gasteiger partial charge on any atom is 0.352 e. The first-order valence-electron chi connectivity index (χ1n) is 11.5. The summed E-state index contributed by atoms with van der Waals surface area (Å²) in [5.41, 5.74) is 3.72. The van der Waals surface area contributed by atoms with Crippen molar-refractivity contribution < 1.29 is 18.3 Å². The van der Waals surface area contributed by atoms with Crippen molar-refractivity contribution >= 4 is 28.4 Å². The summed E-state index contributed by atoms with van der Waals surface area (Å²) in [6.07, 6.45) is 1.42. The summed E-state index contributed by atoms with van der Waals surface area (Å²) in [4.78, 5) is 43.2. The predicted octanol–water partition coefficient (Wildman–Crippen LogP) is 3.15. The molecule has 2 aromatic carbocycles. The number of halogens is 2. The number of anilines is 2. The minimum Gasteiger partial charge on any atom is -0.453 e. The lowest BCUT2D eigenvalue weighted by Gasteiger charge is -2.14. The zero-order chi connectivity index (χ0) is 27.8. The zero-order valence-electron chi connectivity index (χ0n) is 20.5. The van der Waals surface area contributed by atoms with Gasteiger partial charge in [0.15, 0.2) is 17.2 Å². The fraction of sp³-hybridized carbons (Fsp3) is 0.120. The lowest BCUT2D eigenvalue weighted by atomic mass is 10.2. The van der Waals surface area contributed by atoms with Crippen LogP contribution >= 0.6 is 0 Å². The fourth-order valence-corrected chi connectivity index (χ4v) is 3.78. The summed E-state index contributed by atoms with van der Waals surface area (Å²) in [5, 5.41) is 13.2. The highest BCUT2D eigenvalue weighted by Gasteiger charge is 2.22. The molecule has 0 radical (unpaired) electrons. The number of carbonyl (C=O) groups excluding carboxylic acids is 1. The Bertz CT molecular complexity index is 1840. The van der Waals surface area contributed by atoms with Crippen molar-refractivity contribution in [3.63, 3.8) is 0 Å². The molecule has 0 aliphatic heterocycles. The molecule has 12 nitrogen and oxygen atoms in total. The fourth-order valence-electron chi connectivity index (χ4n) is 3.78. The van der Waals surface area contributed by atoms with Crippen LogP contribution in [0.4, 0.5) is 20.3 Å². The van der Waals surface area contributed by atoms with Crippen molar-refractivity contribution in [1.29, 1.82) is 0 Å². The van der Waals surface area contributed by atoms with E-state index in [2.05, 4.69) is 25.6 Å². The standard InChI is InChI=1S/C25H20F2N8O4/c1-12(2)35-25(38)34(15-6-3-13(26)4-7-15)24(37)20(33-35)23(36)30-14-5-8-17(16(27)11-14)39-18-9-10-29-22-19(18)21(28)31-32-22/h3-12H,1-2H3,(H,30,36)(H3,28,29,31,32). The van der Waals surface area contributed by atoms with Crippen LogP contribution in [0.15, 0.2) is 64.3 Å². The number of rotatable bonds is 6. The molecule has 0 unspecified atom stereocenters. The second-order valence-corrected chi connectivity index (χ2v) is 8.63. The van der Waals surface area contributed by atoms with Gasteiger partial charge in [-0.3, -0.25) is 14.7 Å². The van der Waals surface area contributed by atoms with Crippen LogP contribution in [0, 0.1) is 11.6 Å². The van der Waals surface area contributed by atoms with Gasteiger partial charge in [0, 0.05) is 24.0 Å². The van der Waals surface area contributed by atoms with E-state index < -0.39 is 40.5 Å². The Balaban J connectivity index is 1.46. The Morgan fingerprint density at radius 2 is 1.82 bits per heavy atom. The number of carbonyl (C=O) groups is 1. The highest BCUT2D eigenvalue weighted by Crippen LogP contribution is 2.33. The normalized spacial score (nSPS) is 11.2. The first-order chi connectivity index (χ1) is 18.6. The molecule has 5 aromatic rings. The van der Waals surface area contributed by atoms with Crippen molar-refractivity contribution in [3.05, 3.63) is 92.9 Å². The van der Waals surface area contributed by atoms with E-state index in [1.54, 1.807) is 13.8 Å². The van der Waals surface area contributed by atoms with E-state index in [0.717, 1.165) is 27.4 Å². The van der Waals surface area contributed by atoms with Gasteiger partial charge in [0.1, 0.15) is 22.8 Å². The molecule has 5 rings (SSSR count). The van der Waals surface area contributed by atoms with E-state index in [0.29, 0.717) is 5.39 Å². The third-order valence-corrected chi connectivity index (χ3v) is 5.64. The molecule has 14 heteroatoms.